The number of H-pyrrole nitrogens is 1. The van der Waals surface area contributed by atoms with Crippen LogP contribution in [0.5, 0.6) is 0 Å². The zero-order valence-electron chi connectivity index (χ0n) is 14.6. The third-order valence-electron chi connectivity index (χ3n) is 5.45. The quantitative estimate of drug-likeness (QED) is 0.559. The second kappa shape index (κ2) is 6.44. The summed E-state index contributed by atoms with van der Waals surface area (Å²) in [5.41, 5.74) is 2.16. The molecule has 0 amide bonds. The van der Waals surface area contributed by atoms with Crippen molar-refractivity contribution in [3.05, 3.63) is 59.7 Å². The van der Waals surface area contributed by atoms with Gasteiger partial charge < -0.3 is 4.98 Å². The molecule has 0 aliphatic carbocycles. The Hall–Kier alpha value is -2.22. The molecule has 27 heavy (non-hydrogen) atoms. The third-order valence-corrected chi connectivity index (χ3v) is 8.50. The monoisotopic (exact) mass is 397 g/mol. The van der Waals surface area contributed by atoms with Crippen molar-refractivity contribution < 1.29 is 8.42 Å². The number of hydrogen-bond donors (Lipinski definition) is 1. The summed E-state index contributed by atoms with van der Waals surface area (Å²) in [5, 5.41) is 3.74. The molecule has 1 fully saturated rings. The van der Waals surface area contributed by atoms with E-state index in [0.717, 1.165) is 34.0 Å². The number of thiophene rings is 1. The van der Waals surface area contributed by atoms with Gasteiger partial charge in [0.2, 0.25) is 10.0 Å². The molecule has 7 heteroatoms. The van der Waals surface area contributed by atoms with Gasteiger partial charge in [-0.1, -0.05) is 18.2 Å². The van der Waals surface area contributed by atoms with E-state index in [1.165, 1.54) is 16.9 Å². The lowest BCUT2D eigenvalue weighted by molar-refractivity contribution is 0.320. The van der Waals surface area contributed by atoms with Crippen LogP contribution in [0.4, 0.5) is 0 Å². The van der Waals surface area contributed by atoms with Gasteiger partial charge in [-0.3, -0.25) is 0 Å². The first-order chi connectivity index (χ1) is 13.1. The molecule has 1 aliphatic heterocycles. The van der Waals surface area contributed by atoms with E-state index in [4.69, 9.17) is 0 Å². The van der Waals surface area contributed by atoms with Crippen molar-refractivity contribution in [2.75, 3.05) is 13.1 Å². The summed E-state index contributed by atoms with van der Waals surface area (Å²) in [4.78, 5) is 7.95. The zero-order chi connectivity index (χ0) is 18.4. The van der Waals surface area contributed by atoms with E-state index in [0.29, 0.717) is 23.9 Å². The average Bonchev–Trinajstić information content (AvgIpc) is 3.35. The Balaban J connectivity index is 1.41. The molecule has 3 aromatic heterocycles. The van der Waals surface area contributed by atoms with Crippen molar-refractivity contribution in [2.45, 2.75) is 23.7 Å². The highest BCUT2D eigenvalue weighted by Gasteiger charge is 2.32. The number of sulfonamides is 1. The molecular weight excluding hydrogens is 378 g/mol. The maximum absolute atomic E-state index is 13.2. The Morgan fingerprint density at radius 1 is 1.07 bits per heavy atom. The summed E-state index contributed by atoms with van der Waals surface area (Å²) in [6.45, 7) is 1.09. The number of hydrogen-bond acceptors (Lipinski definition) is 4. The number of benzene rings is 1. The van der Waals surface area contributed by atoms with Crippen LogP contribution in [0.25, 0.3) is 21.1 Å². The fourth-order valence-electron chi connectivity index (χ4n) is 4.04. The van der Waals surface area contributed by atoms with Crippen LogP contribution in [-0.2, 0) is 10.0 Å². The number of aromatic nitrogens is 2. The number of rotatable bonds is 3. The van der Waals surface area contributed by atoms with Gasteiger partial charge in [0.1, 0.15) is 10.5 Å². The maximum Gasteiger partial charge on any atom is 0.244 e. The Labute approximate surface area is 161 Å². The first-order valence-corrected chi connectivity index (χ1v) is 11.3. The van der Waals surface area contributed by atoms with Crippen molar-refractivity contribution in [3.8, 4) is 0 Å². The molecule has 138 valence electrons. The topological polar surface area (TPSA) is 66.1 Å². The SMILES string of the molecule is O=S(=O)(c1csc2ccccc12)N1CCC(c2ccnc3[nH]ccc23)CC1. The highest BCUT2D eigenvalue weighted by molar-refractivity contribution is 7.89. The molecule has 1 aliphatic rings. The predicted octanol–water partition coefficient (Wildman–Crippen LogP) is 4.35. The molecule has 0 spiro atoms. The summed E-state index contributed by atoms with van der Waals surface area (Å²) in [6.07, 6.45) is 5.38. The fourth-order valence-corrected chi connectivity index (χ4v) is 6.98. The van der Waals surface area contributed by atoms with Gasteiger partial charge in [-0.2, -0.15) is 4.31 Å². The number of nitrogens with zero attached hydrogens (tertiary/aromatic N) is 2. The van der Waals surface area contributed by atoms with Crippen LogP contribution in [-0.4, -0.2) is 35.8 Å². The molecule has 1 saturated heterocycles. The van der Waals surface area contributed by atoms with E-state index in [1.807, 2.05) is 36.7 Å². The number of piperidine rings is 1. The molecule has 1 aromatic carbocycles. The van der Waals surface area contributed by atoms with Crippen LogP contribution >= 0.6 is 11.3 Å². The molecule has 0 unspecified atom stereocenters. The number of fused-ring (bicyclic) bond motifs is 2. The maximum atomic E-state index is 13.2. The number of pyridine rings is 1. The number of nitrogens with one attached hydrogen (secondary N) is 1. The van der Waals surface area contributed by atoms with Crippen LogP contribution in [0.15, 0.2) is 59.1 Å². The zero-order valence-corrected chi connectivity index (χ0v) is 16.3. The highest BCUT2D eigenvalue weighted by Crippen LogP contribution is 2.36. The van der Waals surface area contributed by atoms with Gasteiger partial charge in [-0.05, 0) is 42.5 Å². The van der Waals surface area contributed by atoms with E-state index in [-0.39, 0.29) is 0 Å². The van der Waals surface area contributed by atoms with Crippen molar-refractivity contribution in [1.29, 1.82) is 0 Å². The first-order valence-electron chi connectivity index (χ1n) is 9.03. The first kappa shape index (κ1) is 16.9. The molecule has 0 atom stereocenters. The van der Waals surface area contributed by atoms with Crippen LogP contribution in [0, 0.1) is 0 Å². The van der Waals surface area contributed by atoms with Crippen molar-refractivity contribution in [3.63, 3.8) is 0 Å². The predicted molar refractivity (Wildman–Crippen MR) is 109 cm³/mol. The van der Waals surface area contributed by atoms with Gasteiger partial charge in [0, 0.05) is 46.3 Å². The number of aromatic amines is 1. The van der Waals surface area contributed by atoms with Gasteiger partial charge in [-0.25, -0.2) is 13.4 Å². The Bertz CT molecular complexity index is 1220. The van der Waals surface area contributed by atoms with Crippen molar-refractivity contribution in [1.82, 2.24) is 14.3 Å². The largest absolute Gasteiger partial charge is 0.346 e. The molecule has 1 N–H and O–H groups in total. The van der Waals surface area contributed by atoms with Gasteiger partial charge in [0.05, 0.1) is 0 Å². The highest BCUT2D eigenvalue weighted by atomic mass is 32.2. The smallest absolute Gasteiger partial charge is 0.244 e. The van der Waals surface area contributed by atoms with Gasteiger partial charge >= 0.3 is 0 Å². The summed E-state index contributed by atoms with van der Waals surface area (Å²) in [6, 6.07) is 11.8. The molecule has 5 nitrogen and oxygen atoms in total. The Kier molecular flexibility index (Phi) is 4.03. The van der Waals surface area contributed by atoms with Crippen molar-refractivity contribution >= 4 is 42.5 Å². The summed E-state index contributed by atoms with van der Waals surface area (Å²) in [7, 11) is -3.46. The second-order valence-electron chi connectivity index (χ2n) is 6.91. The Morgan fingerprint density at radius 3 is 2.74 bits per heavy atom. The lowest BCUT2D eigenvalue weighted by Gasteiger charge is -2.31. The fraction of sp³-hybridized carbons (Fsp3) is 0.250. The van der Waals surface area contributed by atoms with E-state index in [1.54, 1.807) is 9.69 Å². The lowest BCUT2D eigenvalue weighted by Crippen LogP contribution is -2.37. The summed E-state index contributed by atoms with van der Waals surface area (Å²) >= 11 is 1.49. The molecule has 4 heterocycles. The van der Waals surface area contributed by atoms with E-state index in [9.17, 15) is 8.42 Å². The summed E-state index contributed by atoms with van der Waals surface area (Å²) < 4.78 is 29.0. The molecule has 0 bridgehead atoms. The van der Waals surface area contributed by atoms with Gasteiger partial charge in [0.25, 0.3) is 0 Å². The minimum atomic E-state index is -3.46. The van der Waals surface area contributed by atoms with Crippen LogP contribution in [0.2, 0.25) is 0 Å². The normalized spacial score (nSPS) is 17.0. The standard InChI is InChI=1S/C20H19N3O2S2/c24-27(25,19-13-26-18-4-2-1-3-17(18)19)23-11-7-14(8-12-23)15-5-9-21-20-16(15)6-10-22-20/h1-6,9-10,13-14H,7-8,11-12H2,(H,21,22). The average molecular weight is 398 g/mol. The van der Waals surface area contributed by atoms with E-state index < -0.39 is 10.0 Å². The molecule has 5 rings (SSSR count). The molecule has 4 aromatic rings. The van der Waals surface area contributed by atoms with Gasteiger partial charge in [-0.15, -0.1) is 11.3 Å². The van der Waals surface area contributed by atoms with Crippen LogP contribution in [0.3, 0.4) is 0 Å². The third kappa shape index (κ3) is 2.77. The molecule has 0 saturated carbocycles. The van der Waals surface area contributed by atoms with E-state index in [2.05, 4.69) is 22.1 Å². The minimum absolute atomic E-state index is 0.358. The lowest BCUT2D eigenvalue weighted by atomic mass is 9.89. The van der Waals surface area contributed by atoms with Gasteiger partial charge in [0.15, 0.2) is 0 Å². The van der Waals surface area contributed by atoms with E-state index >= 15 is 0 Å². The van der Waals surface area contributed by atoms with Crippen LogP contribution < -0.4 is 0 Å². The molecule has 0 radical (unpaired) electrons. The second-order valence-corrected chi connectivity index (χ2v) is 9.73. The minimum Gasteiger partial charge on any atom is -0.346 e. The Morgan fingerprint density at radius 2 is 1.89 bits per heavy atom. The summed E-state index contributed by atoms with van der Waals surface area (Å²) in [5.74, 6) is 0.358. The molecular formula is C20H19N3O2S2. The van der Waals surface area contributed by atoms with Crippen LogP contribution in [0.1, 0.15) is 24.3 Å². The van der Waals surface area contributed by atoms with Crippen molar-refractivity contribution in [2.24, 2.45) is 0 Å².